The summed E-state index contributed by atoms with van der Waals surface area (Å²) in [5, 5.41) is 0.649. The van der Waals surface area contributed by atoms with Gasteiger partial charge in [-0.25, -0.2) is 0 Å². The second-order valence-electron chi connectivity index (χ2n) is 6.92. The van der Waals surface area contributed by atoms with Crippen LogP contribution in [0.15, 0.2) is 71.9 Å². The minimum atomic E-state index is -0.123. The summed E-state index contributed by atoms with van der Waals surface area (Å²) < 4.78 is 11.9. The Morgan fingerprint density at radius 1 is 1.16 bits per heavy atom. The van der Waals surface area contributed by atoms with Gasteiger partial charge in [0.2, 0.25) is 0 Å². The lowest BCUT2D eigenvalue weighted by Crippen LogP contribution is -2.27. The molecule has 1 saturated heterocycles. The molecule has 8 heteroatoms. The Morgan fingerprint density at radius 3 is 2.75 bits per heavy atom. The number of carbonyl (C=O) groups is 1. The summed E-state index contributed by atoms with van der Waals surface area (Å²) in [5.41, 5.74) is 2.62. The van der Waals surface area contributed by atoms with Crippen molar-refractivity contribution in [3.8, 4) is 11.5 Å². The fourth-order valence-corrected chi connectivity index (χ4v) is 4.57. The van der Waals surface area contributed by atoms with E-state index in [9.17, 15) is 4.79 Å². The number of methoxy groups -OCH3 is 1. The Labute approximate surface area is 201 Å². The molecule has 1 aromatic heterocycles. The molecule has 162 valence electrons. The maximum absolute atomic E-state index is 12.9. The van der Waals surface area contributed by atoms with Crippen molar-refractivity contribution < 1.29 is 14.3 Å². The molecule has 0 radical (unpaired) electrons. The third kappa shape index (κ3) is 5.12. The third-order valence-electron chi connectivity index (χ3n) is 4.76. The first-order chi connectivity index (χ1) is 15.5. The molecule has 2 aromatic carbocycles. The number of aromatic nitrogens is 1. The van der Waals surface area contributed by atoms with Crippen molar-refractivity contribution in [3.63, 3.8) is 0 Å². The highest BCUT2D eigenvalue weighted by molar-refractivity contribution is 8.26. The lowest BCUT2D eigenvalue weighted by molar-refractivity contribution is -0.122. The van der Waals surface area contributed by atoms with E-state index in [4.69, 9.17) is 33.3 Å². The fourth-order valence-electron chi connectivity index (χ4n) is 3.13. The van der Waals surface area contributed by atoms with E-state index in [0.29, 0.717) is 38.9 Å². The van der Waals surface area contributed by atoms with Gasteiger partial charge in [0.05, 0.1) is 18.6 Å². The number of thiocarbonyl (C=S) groups is 1. The minimum absolute atomic E-state index is 0.123. The first-order valence-corrected chi connectivity index (χ1v) is 11.3. The highest BCUT2D eigenvalue weighted by atomic mass is 35.5. The van der Waals surface area contributed by atoms with Crippen LogP contribution in [0, 0.1) is 0 Å². The molecule has 32 heavy (non-hydrogen) atoms. The van der Waals surface area contributed by atoms with Gasteiger partial charge < -0.3 is 9.47 Å². The number of pyridine rings is 1. The predicted octanol–water partition coefficient (Wildman–Crippen LogP) is 5.72. The molecular formula is C24H19ClN2O3S2. The second kappa shape index (κ2) is 10.2. The van der Waals surface area contributed by atoms with Gasteiger partial charge in [-0.05, 0) is 41.5 Å². The molecule has 0 N–H and O–H groups in total. The predicted molar refractivity (Wildman–Crippen MR) is 132 cm³/mol. The average molecular weight is 483 g/mol. The summed E-state index contributed by atoms with van der Waals surface area (Å²) in [6, 6.07) is 16.8. The van der Waals surface area contributed by atoms with E-state index < -0.39 is 0 Å². The van der Waals surface area contributed by atoms with E-state index in [2.05, 4.69) is 4.98 Å². The van der Waals surface area contributed by atoms with Crippen molar-refractivity contribution in [1.82, 2.24) is 9.88 Å². The molecule has 0 atom stereocenters. The lowest BCUT2D eigenvalue weighted by atomic mass is 10.1. The van der Waals surface area contributed by atoms with Crippen LogP contribution in [-0.2, 0) is 17.9 Å². The quantitative estimate of drug-likeness (QED) is 0.317. The highest BCUT2D eigenvalue weighted by Gasteiger charge is 2.32. The number of nitrogens with zero attached hydrogens (tertiary/aromatic N) is 2. The minimum Gasteiger partial charge on any atom is -0.493 e. The van der Waals surface area contributed by atoms with Gasteiger partial charge in [-0.2, -0.15) is 0 Å². The Balaban J connectivity index is 1.49. The Morgan fingerprint density at radius 2 is 2.00 bits per heavy atom. The average Bonchev–Trinajstić information content (AvgIpc) is 3.07. The molecule has 0 bridgehead atoms. The van der Waals surface area contributed by atoms with Gasteiger partial charge in [-0.1, -0.05) is 65.9 Å². The fraction of sp³-hybridized carbons (Fsp3) is 0.125. The smallest absolute Gasteiger partial charge is 0.266 e. The molecular weight excluding hydrogens is 464 g/mol. The number of hydrogen-bond acceptors (Lipinski definition) is 6. The lowest BCUT2D eigenvalue weighted by Gasteiger charge is -2.14. The van der Waals surface area contributed by atoms with Crippen LogP contribution in [0.25, 0.3) is 6.08 Å². The van der Waals surface area contributed by atoms with Crippen LogP contribution in [0.1, 0.15) is 16.7 Å². The van der Waals surface area contributed by atoms with Crippen molar-refractivity contribution in [1.29, 1.82) is 0 Å². The van der Waals surface area contributed by atoms with Crippen molar-refractivity contribution in [2.45, 2.75) is 13.2 Å². The zero-order valence-electron chi connectivity index (χ0n) is 17.2. The summed E-state index contributed by atoms with van der Waals surface area (Å²) in [6.07, 6.45) is 5.24. The van der Waals surface area contributed by atoms with Crippen molar-refractivity contribution in [2.75, 3.05) is 7.11 Å². The molecule has 0 saturated carbocycles. The van der Waals surface area contributed by atoms with Crippen LogP contribution in [0.2, 0.25) is 5.02 Å². The van der Waals surface area contributed by atoms with E-state index >= 15 is 0 Å². The van der Waals surface area contributed by atoms with Crippen LogP contribution < -0.4 is 9.47 Å². The number of amides is 1. The summed E-state index contributed by atoms with van der Waals surface area (Å²) in [4.78, 5) is 19.1. The number of carbonyl (C=O) groups excluding carboxylic acids is 1. The van der Waals surface area contributed by atoms with E-state index in [1.165, 1.54) is 11.8 Å². The molecule has 0 aliphatic carbocycles. The Bertz CT molecular complexity index is 1180. The molecule has 3 aromatic rings. The first kappa shape index (κ1) is 22.3. The maximum atomic E-state index is 12.9. The van der Waals surface area contributed by atoms with Gasteiger partial charge in [0, 0.05) is 23.0 Å². The van der Waals surface area contributed by atoms with Gasteiger partial charge in [0.15, 0.2) is 11.5 Å². The van der Waals surface area contributed by atoms with E-state index in [1.807, 2.05) is 60.7 Å². The van der Waals surface area contributed by atoms with Crippen molar-refractivity contribution in [3.05, 3.63) is 93.6 Å². The molecule has 1 aliphatic heterocycles. The molecule has 1 amide bonds. The first-order valence-electron chi connectivity index (χ1n) is 9.73. The zero-order valence-corrected chi connectivity index (χ0v) is 19.5. The van der Waals surface area contributed by atoms with Crippen LogP contribution in [0.5, 0.6) is 11.5 Å². The van der Waals surface area contributed by atoms with Gasteiger partial charge in [0.25, 0.3) is 5.91 Å². The Hall–Kier alpha value is -2.87. The standard InChI is InChI=1S/C24H19ClN2O3S2/c1-29-21-11-16(8-9-20(21)30-15-18-6-2-3-7-19(18)25)12-22-23(28)27(24(31)32-22)14-17-5-4-10-26-13-17/h2-13H,14-15H2,1H3/b22-12-. The largest absolute Gasteiger partial charge is 0.493 e. The molecule has 1 aliphatic rings. The van der Waals surface area contributed by atoms with E-state index in [1.54, 1.807) is 24.4 Å². The Kier molecular flexibility index (Phi) is 7.09. The summed E-state index contributed by atoms with van der Waals surface area (Å²) in [7, 11) is 1.58. The van der Waals surface area contributed by atoms with E-state index in [-0.39, 0.29) is 5.91 Å². The van der Waals surface area contributed by atoms with Crippen LogP contribution >= 0.6 is 35.6 Å². The number of ether oxygens (including phenoxy) is 2. The van der Waals surface area contributed by atoms with Crippen molar-refractivity contribution in [2.24, 2.45) is 0 Å². The van der Waals surface area contributed by atoms with Crippen LogP contribution in [0.4, 0.5) is 0 Å². The van der Waals surface area contributed by atoms with Crippen molar-refractivity contribution >= 4 is 51.9 Å². The molecule has 0 spiro atoms. The van der Waals surface area contributed by atoms with Gasteiger partial charge in [-0.3, -0.25) is 14.7 Å². The molecule has 2 heterocycles. The SMILES string of the molecule is COc1cc(/C=C2\SC(=S)N(Cc3cccnc3)C2=O)ccc1OCc1ccccc1Cl. The highest BCUT2D eigenvalue weighted by Crippen LogP contribution is 2.35. The normalized spacial score (nSPS) is 14.8. The van der Waals surface area contributed by atoms with Gasteiger partial charge >= 0.3 is 0 Å². The zero-order chi connectivity index (χ0) is 22.5. The monoisotopic (exact) mass is 482 g/mol. The number of thioether (sulfide) groups is 1. The second-order valence-corrected chi connectivity index (χ2v) is 9.00. The molecule has 4 rings (SSSR count). The van der Waals surface area contributed by atoms with Crippen LogP contribution in [0.3, 0.4) is 0 Å². The number of benzene rings is 2. The summed E-state index contributed by atoms with van der Waals surface area (Å²) in [6.45, 7) is 0.719. The summed E-state index contributed by atoms with van der Waals surface area (Å²) >= 11 is 12.9. The molecule has 0 unspecified atom stereocenters. The molecule has 1 fully saturated rings. The van der Waals surface area contributed by atoms with Gasteiger partial charge in [0.1, 0.15) is 10.9 Å². The number of hydrogen-bond donors (Lipinski definition) is 0. The topological polar surface area (TPSA) is 51.7 Å². The van der Waals surface area contributed by atoms with Crippen LogP contribution in [-0.4, -0.2) is 27.2 Å². The number of halogens is 1. The number of rotatable bonds is 7. The van der Waals surface area contributed by atoms with E-state index in [0.717, 1.165) is 16.7 Å². The third-order valence-corrected chi connectivity index (χ3v) is 6.51. The molecule has 5 nitrogen and oxygen atoms in total. The van der Waals surface area contributed by atoms with Gasteiger partial charge in [-0.15, -0.1) is 0 Å². The maximum Gasteiger partial charge on any atom is 0.266 e. The summed E-state index contributed by atoms with van der Waals surface area (Å²) in [5.74, 6) is 1.03.